The molecule has 114 valence electrons. The first-order chi connectivity index (χ1) is 9.14. The van der Waals surface area contributed by atoms with Crippen LogP contribution in [0.4, 0.5) is 0 Å². The average Bonchev–Trinajstić information content (AvgIpc) is 2.34. The zero-order valence-electron chi connectivity index (χ0n) is 12.9. The molecule has 0 heterocycles. The molecule has 0 bridgehead atoms. The summed E-state index contributed by atoms with van der Waals surface area (Å²) in [4.78, 5) is 0. The molecule has 1 nitrogen and oxygen atoms in total. The summed E-state index contributed by atoms with van der Waals surface area (Å²) in [5.41, 5.74) is 1.62. The Morgan fingerprint density at radius 2 is 1.50 bits per heavy atom. The Bertz CT molecular complexity index is 455. The van der Waals surface area contributed by atoms with E-state index < -0.39 is 8.32 Å². The predicted molar refractivity (Wildman–Crippen MR) is 104 cm³/mol. The smallest absolute Gasteiger partial charge is 0.258 e. The summed E-state index contributed by atoms with van der Waals surface area (Å²) in [6.07, 6.45) is 0. The fraction of sp³-hybridized carbons (Fsp3) is 0.600. The topological polar surface area (TPSA) is 9.23 Å². The highest BCUT2D eigenvalue weighted by molar-refractivity contribution is 14.1. The minimum absolute atomic E-state index is 0.539. The first-order valence-electron chi connectivity index (χ1n) is 6.97. The van der Waals surface area contributed by atoms with E-state index in [1.165, 1.54) is 0 Å². The summed E-state index contributed by atoms with van der Waals surface area (Å²) >= 11 is 12.3. The second kappa shape index (κ2) is 7.33. The third kappa shape index (κ3) is 3.55. The van der Waals surface area contributed by atoms with Crippen molar-refractivity contribution in [3.8, 4) is 5.75 Å². The highest BCUT2D eigenvalue weighted by atomic mass is 127. The van der Waals surface area contributed by atoms with Crippen LogP contribution in [0.25, 0.3) is 0 Å². The van der Waals surface area contributed by atoms with Gasteiger partial charge in [0.2, 0.25) is 0 Å². The average molecular weight is 490 g/mol. The maximum absolute atomic E-state index is 6.63. The molecule has 0 amide bonds. The van der Waals surface area contributed by atoms with Gasteiger partial charge in [-0.05, 0) is 67.3 Å². The van der Waals surface area contributed by atoms with Crippen molar-refractivity contribution in [2.75, 3.05) is 0 Å². The summed E-state index contributed by atoms with van der Waals surface area (Å²) < 4.78 is 8.66. The molecule has 0 saturated carbocycles. The molecule has 0 aliphatic rings. The zero-order chi connectivity index (χ0) is 15.7. The van der Waals surface area contributed by atoms with Crippen molar-refractivity contribution in [1.29, 1.82) is 0 Å². The van der Waals surface area contributed by atoms with Crippen molar-refractivity contribution < 1.29 is 4.43 Å². The molecule has 0 saturated heterocycles. The van der Waals surface area contributed by atoms with Gasteiger partial charge in [-0.15, -0.1) is 0 Å². The summed E-state index contributed by atoms with van der Waals surface area (Å²) in [5.74, 6) is 0.821. The van der Waals surface area contributed by atoms with E-state index >= 15 is 0 Å². The molecule has 0 N–H and O–H groups in total. The van der Waals surface area contributed by atoms with Crippen molar-refractivity contribution in [1.82, 2.24) is 0 Å². The first-order valence-corrected chi connectivity index (χ1v) is 11.4. The fourth-order valence-electron chi connectivity index (χ4n) is 3.13. The van der Waals surface area contributed by atoms with Gasteiger partial charge in [0.05, 0.1) is 9.50 Å². The second-order valence-electron chi connectivity index (χ2n) is 6.09. The number of hydrogen-bond acceptors (Lipinski definition) is 1. The summed E-state index contributed by atoms with van der Waals surface area (Å²) in [6.45, 7) is 13.7. The Hall–Kier alpha value is 0.737. The largest absolute Gasteiger partial charge is 0.542 e. The number of hydrogen-bond donors (Lipinski definition) is 0. The number of halogens is 3. The van der Waals surface area contributed by atoms with Gasteiger partial charge in [-0.2, -0.15) is 0 Å². The van der Waals surface area contributed by atoms with E-state index in [1.807, 2.05) is 12.1 Å². The van der Waals surface area contributed by atoms with Gasteiger partial charge in [0, 0.05) is 3.57 Å². The van der Waals surface area contributed by atoms with Gasteiger partial charge in [0.25, 0.3) is 8.32 Å². The van der Waals surface area contributed by atoms with E-state index in [-0.39, 0.29) is 0 Å². The van der Waals surface area contributed by atoms with Crippen LogP contribution in [-0.2, 0) is 0 Å². The molecule has 0 spiro atoms. The third-order valence-electron chi connectivity index (χ3n) is 3.99. The normalized spacial score (nSPS) is 12.6. The Kier molecular flexibility index (Phi) is 6.89. The molecule has 0 unspecified atom stereocenters. The maximum Gasteiger partial charge on any atom is 0.258 e. The van der Waals surface area contributed by atoms with Crippen molar-refractivity contribution in [3.63, 3.8) is 0 Å². The lowest BCUT2D eigenvalue weighted by Gasteiger charge is -2.42. The SMILES string of the molecule is CC(C)[Si](Oc1ccc(I)c(Br)c1Cl)(C(C)C)C(C)C. The molecule has 1 rings (SSSR count). The van der Waals surface area contributed by atoms with Crippen LogP contribution in [-0.4, -0.2) is 8.32 Å². The van der Waals surface area contributed by atoms with Crippen LogP contribution in [0, 0.1) is 3.57 Å². The van der Waals surface area contributed by atoms with E-state index in [0.717, 1.165) is 13.8 Å². The van der Waals surface area contributed by atoms with Crippen LogP contribution < -0.4 is 4.43 Å². The van der Waals surface area contributed by atoms with Crippen LogP contribution in [0.3, 0.4) is 0 Å². The minimum Gasteiger partial charge on any atom is -0.542 e. The van der Waals surface area contributed by atoms with Gasteiger partial charge in [0.1, 0.15) is 5.75 Å². The molecule has 0 atom stereocenters. The third-order valence-corrected chi connectivity index (χ3v) is 13.0. The van der Waals surface area contributed by atoms with E-state index in [4.69, 9.17) is 16.0 Å². The van der Waals surface area contributed by atoms with Crippen LogP contribution >= 0.6 is 50.1 Å². The predicted octanol–water partition coefficient (Wildman–Crippen LogP) is 7.26. The van der Waals surface area contributed by atoms with Gasteiger partial charge < -0.3 is 4.43 Å². The summed E-state index contributed by atoms with van der Waals surface area (Å²) in [6, 6.07) is 4.05. The Labute approximate surface area is 151 Å². The summed E-state index contributed by atoms with van der Waals surface area (Å²) in [7, 11) is -1.95. The van der Waals surface area contributed by atoms with Gasteiger partial charge in [-0.25, -0.2) is 0 Å². The molecular formula is C15H23BrClIOSi. The lowest BCUT2D eigenvalue weighted by atomic mass is 10.3. The van der Waals surface area contributed by atoms with Crippen LogP contribution in [0.5, 0.6) is 5.75 Å². The molecule has 0 fully saturated rings. The van der Waals surface area contributed by atoms with Crippen LogP contribution in [0.15, 0.2) is 16.6 Å². The molecule has 20 heavy (non-hydrogen) atoms. The van der Waals surface area contributed by atoms with Crippen molar-refractivity contribution in [3.05, 3.63) is 25.2 Å². The molecule has 0 aliphatic carbocycles. The van der Waals surface area contributed by atoms with Gasteiger partial charge in [0.15, 0.2) is 0 Å². The van der Waals surface area contributed by atoms with Crippen LogP contribution in [0.1, 0.15) is 41.5 Å². The molecule has 0 aliphatic heterocycles. The standard InChI is InChI=1S/C15H23BrClIOSi/c1-9(2)20(10(3)4,11(5)6)19-13-8-7-12(18)14(16)15(13)17/h7-11H,1-6H3. The number of rotatable bonds is 5. The Morgan fingerprint density at radius 3 is 1.90 bits per heavy atom. The van der Waals surface area contributed by atoms with Gasteiger partial charge in [-0.1, -0.05) is 53.1 Å². The Balaban J connectivity index is 3.31. The minimum atomic E-state index is -1.95. The highest BCUT2D eigenvalue weighted by Gasteiger charge is 2.47. The van der Waals surface area contributed by atoms with Crippen LogP contribution in [0.2, 0.25) is 21.6 Å². The molecule has 0 aromatic heterocycles. The zero-order valence-corrected chi connectivity index (χ0v) is 18.4. The summed E-state index contributed by atoms with van der Waals surface area (Å²) in [5, 5.41) is 0.690. The monoisotopic (exact) mass is 488 g/mol. The van der Waals surface area contributed by atoms with Crippen molar-refractivity contribution in [2.24, 2.45) is 0 Å². The molecule has 0 radical (unpaired) electrons. The van der Waals surface area contributed by atoms with Crippen molar-refractivity contribution >= 4 is 58.4 Å². The molecule has 1 aromatic carbocycles. The molecule has 1 aromatic rings. The van der Waals surface area contributed by atoms with E-state index in [0.29, 0.717) is 21.6 Å². The second-order valence-corrected chi connectivity index (χ2v) is 13.8. The fourth-order valence-corrected chi connectivity index (χ4v) is 9.59. The van der Waals surface area contributed by atoms with Gasteiger partial charge in [-0.3, -0.25) is 0 Å². The van der Waals surface area contributed by atoms with Crippen molar-refractivity contribution in [2.45, 2.75) is 58.2 Å². The molecular weight excluding hydrogens is 467 g/mol. The molecule has 5 heteroatoms. The number of benzene rings is 1. The van der Waals surface area contributed by atoms with Gasteiger partial charge >= 0.3 is 0 Å². The first kappa shape index (κ1) is 18.8. The quantitative estimate of drug-likeness (QED) is 0.240. The van der Waals surface area contributed by atoms with E-state index in [9.17, 15) is 0 Å². The van der Waals surface area contributed by atoms with E-state index in [1.54, 1.807) is 0 Å². The Morgan fingerprint density at radius 1 is 1.05 bits per heavy atom. The van der Waals surface area contributed by atoms with E-state index in [2.05, 4.69) is 80.1 Å². The highest BCUT2D eigenvalue weighted by Crippen LogP contribution is 2.45. The lowest BCUT2D eigenvalue weighted by Crippen LogP contribution is -2.50. The maximum atomic E-state index is 6.63. The lowest BCUT2D eigenvalue weighted by molar-refractivity contribution is 0.479.